The number of hydrogen-bond donors (Lipinski definition) is 0. The Kier molecular flexibility index (Phi) is 3.39. The molecule has 0 bridgehead atoms. The second-order valence-electron chi connectivity index (χ2n) is 5.46. The van der Waals surface area contributed by atoms with Crippen LogP contribution < -0.4 is 4.74 Å². The monoisotopic (exact) mass is 323 g/mol. The first-order chi connectivity index (χ1) is 9.12. The van der Waals surface area contributed by atoms with Crippen LogP contribution in [0.3, 0.4) is 0 Å². The lowest BCUT2D eigenvalue weighted by molar-refractivity contribution is -0.00784. The van der Waals surface area contributed by atoms with Gasteiger partial charge in [-0.15, -0.1) is 0 Å². The molecule has 1 aromatic rings. The lowest BCUT2D eigenvalue weighted by Gasteiger charge is -2.43. The molecule has 1 fully saturated rings. The molecule has 0 aromatic heterocycles. The molecule has 0 saturated carbocycles. The number of ketones is 1. The summed E-state index contributed by atoms with van der Waals surface area (Å²) in [6.07, 6.45) is 2.41. The first-order valence-corrected chi connectivity index (χ1v) is 7.65. The number of hydrogen-bond acceptors (Lipinski definition) is 3. The summed E-state index contributed by atoms with van der Waals surface area (Å²) in [5, 5.41) is 0. The van der Waals surface area contributed by atoms with Crippen LogP contribution in [0.25, 0.3) is 0 Å². The lowest BCUT2D eigenvalue weighted by Crippen LogP contribution is -2.50. The van der Waals surface area contributed by atoms with Crippen molar-refractivity contribution in [1.82, 2.24) is 4.90 Å². The molecule has 4 heteroatoms. The fraction of sp³-hybridized carbons (Fsp3) is 0.533. The van der Waals surface area contributed by atoms with E-state index in [1.54, 1.807) is 0 Å². The second kappa shape index (κ2) is 4.91. The molecular weight excluding hydrogens is 306 g/mol. The van der Waals surface area contributed by atoms with Crippen molar-refractivity contribution in [2.45, 2.75) is 31.8 Å². The first kappa shape index (κ1) is 13.1. The van der Waals surface area contributed by atoms with Gasteiger partial charge in [0.2, 0.25) is 0 Å². The van der Waals surface area contributed by atoms with Gasteiger partial charge < -0.3 is 9.64 Å². The minimum absolute atomic E-state index is 0.221. The number of carbonyl (C=O) groups excluding carboxylic acids is 1. The van der Waals surface area contributed by atoms with E-state index in [1.165, 1.54) is 0 Å². The molecule has 0 radical (unpaired) electrons. The summed E-state index contributed by atoms with van der Waals surface area (Å²) in [5.74, 6) is 0.967. The van der Waals surface area contributed by atoms with Gasteiger partial charge in [-0.05, 0) is 24.7 Å². The highest BCUT2D eigenvalue weighted by molar-refractivity contribution is 9.10. The molecular formula is C15H18BrNO2. The van der Waals surface area contributed by atoms with Crippen LogP contribution >= 0.6 is 15.9 Å². The number of rotatable bonds is 1. The number of ether oxygens (including phenoxy) is 1. The van der Waals surface area contributed by atoms with Gasteiger partial charge in [-0.1, -0.05) is 22.9 Å². The van der Waals surface area contributed by atoms with E-state index in [4.69, 9.17) is 4.74 Å². The van der Waals surface area contributed by atoms with Crippen molar-refractivity contribution < 1.29 is 9.53 Å². The van der Waals surface area contributed by atoms with E-state index >= 15 is 0 Å². The van der Waals surface area contributed by atoms with Crippen LogP contribution in [0.15, 0.2) is 22.7 Å². The van der Waals surface area contributed by atoms with Crippen LogP contribution in [0.1, 0.15) is 36.5 Å². The van der Waals surface area contributed by atoms with Crippen LogP contribution in [0.2, 0.25) is 0 Å². The van der Waals surface area contributed by atoms with E-state index < -0.39 is 0 Å². The third kappa shape index (κ3) is 2.43. The number of benzene rings is 1. The Morgan fingerprint density at radius 1 is 1.37 bits per heavy atom. The van der Waals surface area contributed by atoms with Crippen LogP contribution in [0.5, 0.6) is 5.75 Å². The molecule has 0 N–H and O–H groups in total. The highest BCUT2D eigenvalue weighted by atomic mass is 79.9. The van der Waals surface area contributed by atoms with Gasteiger partial charge in [0.05, 0.1) is 12.0 Å². The molecule has 0 atom stereocenters. The van der Waals surface area contributed by atoms with Gasteiger partial charge in [-0.3, -0.25) is 4.79 Å². The van der Waals surface area contributed by atoms with Crippen molar-refractivity contribution in [3.05, 3.63) is 28.2 Å². The van der Waals surface area contributed by atoms with E-state index in [1.807, 2.05) is 18.2 Å². The SMILES string of the molecule is CCN1CCC2(CC1)CC(=O)c1ccc(Br)cc1O2. The summed E-state index contributed by atoms with van der Waals surface area (Å²) >= 11 is 3.44. The van der Waals surface area contributed by atoms with Gasteiger partial charge in [-0.25, -0.2) is 0 Å². The number of piperidine rings is 1. The van der Waals surface area contributed by atoms with Gasteiger partial charge >= 0.3 is 0 Å². The average molecular weight is 324 g/mol. The topological polar surface area (TPSA) is 29.5 Å². The van der Waals surface area contributed by atoms with Crippen LogP contribution in [0.4, 0.5) is 0 Å². The summed E-state index contributed by atoms with van der Waals surface area (Å²) < 4.78 is 7.19. The number of fused-ring (bicyclic) bond motifs is 1. The molecule has 1 spiro atoms. The maximum absolute atomic E-state index is 12.3. The van der Waals surface area contributed by atoms with E-state index in [-0.39, 0.29) is 11.4 Å². The Hall–Kier alpha value is -0.870. The lowest BCUT2D eigenvalue weighted by atomic mass is 9.82. The zero-order chi connectivity index (χ0) is 13.5. The van der Waals surface area contributed by atoms with Gasteiger partial charge in [0, 0.05) is 30.4 Å². The van der Waals surface area contributed by atoms with Crippen LogP contribution in [-0.4, -0.2) is 35.9 Å². The molecule has 0 unspecified atom stereocenters. The predicted molar refractivity (Wildman–Crippen MR) is 77.8 cm³/mol. The molecule has 3 nitrogen and oxygen atoms in total. The van der Waals surface area contributed by atoms with Crippen molar-refractivity contribution >= 4 is 21.7 Å². The van der Waals surface area contributed by atoms with Crippen molar-refractivity contribution in [1.29, 1.82) is 0 Å². The molecule has 2 aliphatic heterocycles. The second-order valence-corrected chi connectivity index (χ2v) is 6.38. The number of likely N-dealkylation sites (tertiary alicyclic amines) is 1. The van der Waals surface area contributed by atoms with Crippen LogP contribution in [0, 0.1) is 0 Å². The van der Waals surface area contributed by atoms with Gasteiger partial charge in [0.25, 0.3) is 0 Å². The smallest absolute Gasteiger partial charge is 0.170 e. The highest BCUT2D eigenvalue weighted by Crippen LogP contribution is 2.40. The standard InChI is InChI=1S/C15H18BrNO2/c1-2-17-7-5-15(6-8-17)10-13(18)12-4-3-11(16)9-14(12)19-15/h3-4,9H,2,5-8,10H2,1H3. The number of nitrogens with zero attached hydrogens (tertiary/aromatic N) is 1. The molecule has 0 amide bonds. The van der Waals surface area contributed by atoms with E-state index in [9.17, 15) is 4.79 Å². The van der Waals surface area contributed by atoms with Crippen molar-refractivity contribution in [2.24, 2.45) is 0 Å². The fourth-order valence-electron chi connectivity index (χ4n) is 3.02. The normalized spacial score (nSPS) is 22.1. The van der Waals surface area contributed by atoms with Crippen LogP contribution in [-0.2, 0) is 0 Å². The molecule has 2 aliphatic rings. The molecule has 19 heavy (non-hydrogen) atoms. The van der Waals surface area contributed by atoms with Crippen molar-refractivity contribution in [2.75, 3.05) is 19.6 Å². The van der Waals surface area contributed by atoms with E-state index in [0.29, 0.717) is 6.42 Å². The zero-order valence-corrected chi connectivity index (χ0v) is 12.7. The van der Waals surface area contributed by atoms with Gasteiger partial charge in [0.1, 0.15) is 11.4 Å². The van der Waals surface area contributed by atoms with Crippen molar-refractivity contribution in [3.8, 4) is 5.75 Å². The summed E-state index contributed by atoms with van der Waals surface area (Å²) in [7, 11) is 0. The van der Waals surface area contributed by atoms with Crippen molar-refractivity contribution in [3.63, 3.8) is 0 Å². The summed E-state index contributed by atoms with van der Waals surface area (Å²) in [5.41, 5.74) is 0.461. The fourth-order valence-corrected chi connectivity index (χ4v) is 3.36. The summed E-state index contributed by atoms with van der Waals surface area (Å²) in [6, 6.07) is 5.67. The highest BCUT2D eigenvalue weighted by Gasteiger charge is 2.42. The summed E-state index contributed by atoms with van der Waals surface area (Å²) in [6.45, 7) is 5.30. The Morgan fingerprint density at radius 3 is 2.79 bits per heavy atom. The molecule has 1 aromatic carbocycles. The minimum atomic E-state index is -0.267. The molecule has 102 valence electrons. The largest absolute Gasteiger partial charge is 0.486 e. The summed E-state index contributed by atoms with van der Waals surface area (Å²) in [4.78, 5) is 14.7. The molecule has 1 saturated heterocycles. The predicted octanol–water partition coefficient (Wildman–Crippen LogP) is 3.27. The van der Waals surface area contributed by atoms with Gasteiger partial charge in [0.15, 0.2) is 5.78 Å². The minimum Gasteiger partial charge on any atom is -0.486 e. The quantitative estimate of drug-likeness (QED) is 0.794. The Bertz CT molecular complexity index is 507. The number of Topliss-reactive ketones (excluding diaryl/α,β-unsaturated/α-hetero) is 1. The maximum Gasteiger partial charge on any atom is 0.170 e. The maximum atomic E-state index is 12.3. The van der Waals surface area contributed by atoms with E-state index in [0.717, 1.165) is 48.3 Å². The molecule has 3 rings (SSSR count). The number of carbonyl (C=O) groups is 1. The average Bonchev–Trinajstić information content (AvgIpc) is 2.39. The van der Waals surface area contributed by atoms with Gasteiger partial charge in [-0.2, -0.15) is 0 Å². The van der Waals surface area contributed by atoms with E-state index in [2.05, 4.69) is 27.8 Å². The first-order valence-electron chi connectivity index (χ1n) is 6.86. The zero-order valence-electron chi connectivity index (χ0n) is 11.1. The third-order valence-electron chi connectivity index (χ3n) is 4.27. The Balaban J connectivity index is 1.86. The third-order valence-corrected chi connectivity index (χ3v) is 4.76. The Morgan fingerprint density at radius 2 is 2.11 bits per heavy atom. The number of halogens is 1. The molecule has 0 aliphatic carbocycles. The molecule has 2 heterocycles. The Labute approximate surface area is 122 Å².